The third-order valence-corrected chi connectivity index (χ3v) is 5.47. The maximum atomic E-state index is 14.4. The Morgan fingerprint density at radius 1 is 1.04 bits per heavy atom. The standard InChI is InChI=1S/C17H29FN4O/c1-20-7-9-21(10-8-20)13-3-5-22(6-4-13)16-12-17(23-2)15(19)11-14(16)18/h11-14,16H,3-10,19H2,1-2H3. The molecule has 6 heteroatoms. The van der Waals surface area contributed by atoms with Crippen molar-refractivity contribution < 1.29 is 9.13 Å². The smallest absolute Gasteiger partial charge is 0.140 e. The Labute approximate surface area is 138 Å². The fraction of sp³-hybridized carbons (Fsp3) is 0.765. The van der Waals surface area contributed by atoms with E-state index in [4.69, 9.17) is 10.5 Å². The minimum absolute atomic E-state index is 0.245. The lowest BCUT2D eigenvalue weighted by atomic mass is 9.96. The molecule has 0 bridgehead atoms. The third kappa shape index (κ3) is 3.70. The van der Waals surface area contributed by atoms with Crippen molar-refractivity contribution >= 4 is 0 Å². The van der Waals surface area contributed by atoms with Crippen molar-refractivity contribution in [2.24, 2.45) is 5.73 Å². The molecule has 0 aromatic heterocycles. The molecule has 0 radical (unpaired) electrons. The molecule has 3 rings (SSSR count). The second kappa shape index (κ2) is 7.20. The van der Waals surface area contributed by atoms with Crippen LogP contribution in [0, 0.1) is 0 Å². The molecule has 2 N–H and O–H groups in total. The number of alkyl halides is 1. The lowest BCUT2D eigenvalue weighted by Crippen LogP contribution is -2.54. The molecule has 2 heterocycles. The fourth-order valence-corrected chi connectivity index (χ4v) is 3.92. The van der Waals surface area contributed by atoms with Crippen molar-refractivity contribution in [3.63, 3.8) is 0 Å². The lowest BCUT2D eigenvalue weighted by molar-refractivity contribution is 0.0499. The first-order valence-corrected chi connectivity index (χ1v) is 8.62. The zero-order valence-electron chi connectivity index (χ0n) is 14.2. The molecular weight excluding hydrogens is 295 g/mol. The number of ether oxygens (including phenoxy) is 1. The van der Waals surface area contributed by atoms with Gasteiger partial charge in [0, 0.05) is 45.3 Å². The van der Waals surface area contributed by atoms with E-state index in [1.165, 1.54) is 6.08 Å². The largest absolute Gasteiger partial charge is 0.495 e. The van der Waals surface area contributed by atoms with Gasteiger partial charge in [0.25, 0.3) is 0 Å². The van der Waals surface area contributed by atoms with Gasteiger partial charge in [0.05, 0.1) is 18.8 Å². The molecule has 0 aromatic carbocycles. The number of likely N-dealkylation sites (N-methyl/N-ethyl adjacent to an activating group) is 1. The first-order valence-electron chi connectivity index (χ1n) is 8.62. The van der Waals surface area contributed by atoms with Gasteiger partial charge in [0.15, 0.2) is 0 Å². The Bertz CT molecular complexity index is 465. The van der Waals surface area contributed by atoms with Gasteiger partial charge in [0.1, 0.15) is 11.9 Å². The molecule has 5 nitrogen and oxygen atoms in total. The van der Waals surface area contributed by atoms with E-state index in [0.29, 0.717) is 17.5 Å². The van der Waals surface area contributed by atoms with Crippen LogP contribution in [0.15, 0.2) is 23.6 Å². The molecule has 0 amide bonds. The predicted molar refractivity (Wildman–Crippen MR) is 89.7 cm³/mol. The summed E-state index contributed by atoms with van der Waals surface area (Å²) in [5.74, 6) is 0.602. The molecule has 2 saturated heterocycles. The molecular formula is C17H29FN4O. The Kier molecular flexibility index (Phi) is 5.24. The van der Waals surface area contributed by atoms with Crippen LogP contribution < -0.4 is 5.73 Å². The molecule has 2 aliphatic heterocycles. The van der Waals surface area contributed by atoms with Crippen LogP contribution >= 0.6 is 0 Å². The minimum atomic E-state index is -1.05. The van der Waals surface area contributed by atoms with Gasteiger partial charge in [-0.3, -0.25) is 9.80 Å². The van der Waals surface area contributed by atoms with Crippen LogP contribution in [0.4, 0.5) is 4.39 Å². The zero-order chi connectivity index (χ0) is 16.4. The van der Waals surface area contributed by atoms with Crippen LogP contribution in [-0.4, -0.2) is 86.4 Å². The summed E-state index contributed by atoms with van der Waals surface area (Å²) in [7, 11) is 3.77. The van der Waals surface area contributed by atoms with Gasteiger partial charge in [-0.1, -0.05) is 0 Å². The van der Waals surface area contributed by atoms with Crippen LogP contribution in [0.3, 0.4) is 0 Å². The number of likely N-dealkylation sites (tertiary alicyclic amines) is 1. The van der Waals surface area contributed by atoms with Gasteiger partial charge in [-0.25, -0.2) is 4.39 Å². The Morgan fingerprint density at radius 3 is 2.30 bits per heavy atom. The molecule has 0 aromatic rings. The summed E-state index contributed by atoms with van der Waals surface area (Å²) < 4.78 is 19.6. The van der Waals surface area contributed by atoms with Crippen LogP contribution in [0.25, 0.3) is 0 Å². The number of hydrogen-bond acceptors (Lipinski definition) is 5. The maximum Gasteiger partial charge on any atom is 0.140 e. The van der Waals surface area contributed by atoms with Gasteiger partial charge in [-0.15, -0.1) is 0 Å². The van der Waals surface area contributed by atoms with Crippen molar-refractivity contribution in [1.29, 1.82) is 0 Å². The first-order chi connectivity index (χ1) is 11.1. The molecule has 0 saturated carbocycles. The Morgan fingerprint density at radius 2 is 1.70 bits per heavy atom. The van der Waals surface area contributed by atoms with Crippen molar-refractivity contribution in [3.8, 4) is 0 Å². The van der Waals surface area contributed by atoms with Crippen molar-refractivity contribution in [2.75, 3.05) is 53.4 Å². The molecule has 3 aliphatic rings. The van der Waals surface area contributed by atoms with E-state index in [1.807, 2.05) is 6.08 Å². The topological polar surface area (TPSA) is 45.0 Å². The zero-order valence-corrected chi connectivity index (χ0v) is 14.2. The van der Waals surface area contributed by atoms with Crippen LogP contribution in [-0.2, 0) is 4.74 Å². The molecule has 23 heavy (non-hydrogen) atoms. The van der Waals surface area contributed by atoms with E-state index >= 15 is 0 Å². The van der Waals surface area contributed by atoms with Gasteiger partial charge in [-0.2, -0.15) is 0 Å². The lowest BCUT2D eigenvalue weighted by Gasteiger charge is -2.44. The summed E-state index contributed by atoms with van der Waals surface area (Å²) in [6, 6.07) is 0.402. The summed E-state index contributed by atoms with van der Waals surface area (Å²) in [4.78, 5) is 7.23. The maximum absolute atomic E-state index is 14.4. The predicted octanol–water partition coefficient (Wildman–Crippen LogP) is 0.791. The number of nitrogens with zero attached hydrogens (tertiary/aromatic N) is 3. The van der Waals surface area contributed by atoms with E-state index < -0.39 is 6.17 Å². The van der Waals surface area contributed by atoms with Crippen LogP contribution in [0.1, 0.15) is 12.8 Å². The number of methoxy groups -OCH3 is 1. The van der Waals surface area contributed by atoms with Gasteiger partial charge in [-0.05, 0) is 32.0 Å². The third-order valence-electron chi connectivity index (χ3n) is 5.47. The second-order valence-corrected chi connectivity index (χ2v) is 6.90. The number of rotatable bonds is 3. The first kappa shape index (κ1) is 16.7. The summed E-state index contributed by atoms with van der Waals surface area (Å²) in [6.07, 6.45) is 4.51. The summed E-state index contributed by atoms with van der Waals surface area (Å²) in [5, 5.41) is 0. The Balaban J connectivity index is 1.55. The number of piperazine rings is 1. The quantitative estimate of drug-likeness (QED) is 0.832. The van der Waals surface area contributed by atoms with Crippen LogP contribution in [0.2, 0.25) is 0 Å². The molecule has 130 valence electrons. The van der Waals surface area contributed by atoms with Gasteiger partial charge in [0.2, 0.25) is 0 Å². The average Bonchev–Trinajstić information content (AvgIpc) is 2.56. The van der Waals surface area contributed by atoms with E-state index in [2.05, 4.69) is 21.7 Å². The van der Waals surface area contributed by atoms with E-state index in [9.17, 15) is 4.39 Å². The molecule has 0 spiro atoms. The molecule has 2 fully saturated rings. The second-order valence-electron chi connectivity index (χ2n) is 6.90. The van der Waals surface area contributed by atoms with Crippen molar-refractivity contribution in [1.82, 2.24) is 14.7 Å². The summed E-state index contributed by atoms with van der Waals surface area (Å²) in [6.45, 7) is 6.48. The highest BCUT2D eigenvalue weighted by Crippen LogP contribution is 2.26. The summed E-state index contributed by atoms with van der Waals surface area (Å²) in [5.41, 5.74) is 6.21. The van der Waals surface area contributed by atoms with E-state index in [1.54, 1.807) is 7.11 Å². The van der Waals surface area contributed by atoms with Gasteiger partial charge < -0.3 is 15.4 Å². The highest BCUT2D eigenvalue weighted by Gasteiger charge is 2.34. The Hall–Kier alpha value is -1.11. The normalized spacial score (nSPS) is 32.5. The van der Waals surface area contributed by atoms with Crippen molar-refractivity contribution in [2.45, 2.75) is 31.1 Å². The minimum Gasteiger partial charge on any atom is -0.495 e. The van der Waals surface area contributed by atoms with Crippen molar-refractivity contribution in [3.05, 3.63) is 23.6 Å². The summed E-state index contributed by atoms with van der Waals surface area (Å²) >= 11 is 0. The number of piperidine rings is 1. The highest BCUT2D eigenvalue weighted by atomic mass is 19.1. The monoisotopic (exact) mass is 324 g/mol. The fourth-order valence-electron chi connectivity index (χ4n) is 3.92. The number of nitrogens with two attached hydrogens (primary N) is 1. The van der Waals surface area contributed by atoms with E-state index in [0.717, 1.165) is 52.1 Å². The molecule has 2 atom stereocenters. The number of halogens is 1. The molecule has 1 aliphatic carbocycles. The average molecular weight is 324 g/mol. The SMILES string of the molecule is COC1=CC(N2CCC(N3CCN(C)CC3)CC2)C(F)C=C1N. The number of hydrogen-bond donors (Lipinski definition) is 1. The highest BCUT2D eigenvalue weighted by molar-refractivity contribution is 5.31. The van der Waals surface area contributed by atoms with Crippen LogP contribution in [0.5, 0.6) is 0 Å². The molecule has 2 unspecified atom stereocenters. The van der Waals surface area contributed by atoms with Gasteiger partial charge >= 0.3 is 0 Å². The van der Waals surface area contributed by atoms with E-state index in [-0.39, 0.29) is 6.04 Å².